The number of rotatable bonds is 2. The van der Waals surface area contributed by atoms with Crippen molar-refractivity contribution >= 4 is 0 Å². The van der Waals surface area contributed by atoms with Gasteiger partial charge in [-0.1, -0.05) is 35.9 Å². The van der Waals surface area contributed by atoms with Gasteiger partial charge in [-0.25, -0.2) is 0 Å². The van der Waals surface area contributed by atoms with E-state index in [2.05, 4.69) is 32.9 Å². The lowest BCUT2D eigenvalue weighted by Gasteiger charge is -2.12. The average Bonchev–Trinajstić information content (AvgIpc) is 2.25. The third kappa shape index (κ3) is 2.25. The predicted octanol–water partition coefficient (Wildman–Crippen LogP) is 4.40. The summed E-state index contributed by atoms with van der Waals surface area (Å²) in [6.07, 6.45) is 0. The first-order valence-electron chi connectivity index (χ1n) is 5.47. The predicted molar refractivity (Wildman–Crippen MR) is 67.2 cm³/mol. The molecule has 1 heteroatoms. The third-order valence-electron chi connectivity index (χ3n) is 2.57. The molecule has 0 aliphatic heterocycles. The van der Waals surface area contributed by atoms with Crippen molar-refractivity contribution in [2.75, 3.05) is 0 Å². The molecule has 0 unspecified atom stereocenters. The van der Waals surface area contributed by atoms with Crippen molar-refractivity contribution in [2.24, 2.45) is 0 Å². The number of hydrogen-bond acceptors (Lipinski definition) is 1. The number of para-hydroxylation sites is 1. The van der Waals surface area contributed by atoms with Gasteiger partial charge in [-0.3, -0.25) is 0 Å². The smallest absolute Gasteiger partial charge is 0.133 e. The molecule has 0 N–H and O–H groups in total. The number of benzene rings is 2. The van der Waals surface area contributed by atoms with Gasteiger partial charge in [0.2, 0.25) is 0 Å². The standard InChI is InChI=1S/C15H16O/c1-11-9-12(2)15(13(3)10-11)16-14-7-5-4-6-8-14/h4-10H,1-3H3. The van der Waals surface area contributed by atoms with Crippen LogP contribution in [0, 0.1) is 20.8 Å². The van der Waals surface area contributed by atoms with Crippen LogP contribution >= 0.6 is 0 Å². The van der Waals surface area contributed by atoms with E-state index in [4.69, 9.17) is 4.74 Å². The monoisotopic (exact) mass is 212 g/mol. The lowest BCUT2D eigenvalue weighted by molar-refractivity contribution is 0.475. The SMILES string of the molecule is Cc1cc(C)c(Oc2ccccc2)c(C)c1. The minimum Gasteiger partial charge on any atom is -0.457 e. The van der Waals surface area contributed by atoms with Crippen LogP contribution in [0.25, 0.3) is 0 Å². The zero-order chi connectivity index (χ0) is 11.5. The van der Waals surface area contributed by atoms with Crippen LogP contribution in [-0.4, -0.2) is 0 Å². The molecular weight excluding hydrogens is 196 g/mol. The molecule has 0 amide bonds. The maximum Gasteiger partial charge on any atom is 0.133 e. The second kappa shape index (κ2) is 4.40. The number of aryl methyl sites for hydroxylation is 3. The maximum atomic E-state index is 5.89. The fourth-order valence-electron chi connectivity index (χ4n) is 1.93. The highest BCUT2D eigenvalue weighted by atomic mass is 16.5. The summed E-state index contributed by atoms with van der Waals surface area (Å²) >= 11 is 0. The van der Waals surface area contributed by atoms with Crippen molar-refractivity contribution in [3.63, 3.8) is 0 Å². The highest BCUT2D eigenvalue weighted by molar-refractivity contribution is 5.45. The van der Waals surface area contributed by atoms with E-state index in [1.807, 2.05) is 30.3 Å². The van der Waals surface area contributed by atoms with Gasteiger partial charge in [0.1, 0.15) is 11.5 Å². The Labute approximate surface area is 96.7 Å². The van der Waals surface area contributed by atoms with E-state index < -0.39 is 0 Å². The molecular formula is C15H16O. The molecule has 1 nitrogen and oxygen atoms in total. The Balaban J connectivity index is 2.35. The molecule has 0 aromatic heterocycles. The minimum absolute atomic E-state index is 0.887. The van der Waals surface area contributed by atoms with Crippen LogP contribution in [0.15, 0.2) is 42.5 Å². The lowest BCUT2D eigenvalue weighted by Crippen LogP contribution is -1.91. The quantitative estimate of drug-likeness (QED) is 0.716. The molecule has 0 bridgehead atoms. The second-order valence-corrected chi connectivity index (χ2v) is 4.14. The van der Waals surface area contributed by atoms with E-state index in [0.717, 1.165) is 11.5 Å². The van der Waals surface area contributed by atoms with Crippen molar-refractivity contribution in [1.82, 2.24) is 0 Å². The molecule has 0 saturated heterocycles. The molecule has 0 spiro atoms. The van der Waals surface area contributed by atoms with Crippen LogP contribution < -0.4 is 4.74 Å². The van der Waals surface area contributed by atoms with Gasteiger partial charge in [0.05, 0.1) is 0 Å². The van der Waals surface area contributed by atoms with Gasteiger partial charge in [-0.05, 0) is 44.0 Å². The summed E-state index contributed by atoms with van der Waals surface area (Å²) in [5.74, 6) is 1.86. The Morgan fingerprint density at radius 3 is 1.94 bits per heavy atom. The molecule has 0 saturated carbocycles. The second-order valence-electron chi connectivity index (χ2n) is 4.14. The van der Waals surface area contributed by atoms with Crippen molar-refractivity contribution in [1.29, 1.82) is 0 Å². The van der Waals surface area contributed by atoms with Crippen molar-refractivity contribution in [2.45, 2.75) is 20.8 Å². The maximum absolute atomic E-state index is 5.89. The first kappa shape index (κ1) is 10.7. The fourth-order valence-corrected chi connectivity index (χ4v) is 1.93. The van der Waals surface area contributed by atoms with Gasteiger partial charge < -0.3 is 4.74 Å². The Morgan fingerprint density at radius 1 is 0.812 bits per heavy atom. The Kier molecular flexibility index (Phi) is 2.95. The zero-order valence-corrected chi connectivity index (χ0v) is 9.95. The molecule has 0 atom stereocenters. The molecule has 2 rings (SSSR count). The fraction of sp³-hybridized carbons (Fsp3) is 0.200. The van der Waals surface area contributed by atoms with Crippen molar-refractivity contribution in [3.05, 3.63) is 59.2 Å². The normalized spacial score (nSPS) is 10.2. The highest BCUT2D eigenvalue weighted by Gasteiger charge is 2.05. The largest absolute Gasteiger partial charge is 0.457 e. The molecule has 2 aromatic carbocycles. The van der Waals surface area contributed by atoms with E-state index in [1.54, 1.807) is 0 Å². The first-order valence-corrected chi connectivity index (χ1v) is 5.47. The van der Waals surface area contributed by atoms with Gasteiger partial charge in [-0.15, -0.1) is 0 Å². The van der Waals surface area contributed by atoms with E-state index >= 15 is 0 Å². The minimum atomic E-state index is 0.887. The topological polar surface area (TPSA) is 9.23 Å². The highest BCUT2D eigenvalue weighted by Crippen LogP contribution is 2.29. The molecule has 2 aromatic rings. The van der Waals surface area contributed by atoms with E-state index in [0.29, 0.717) is 0 Å². The van der Waals surface area contributed by atoms with Gasteiger partial charge in [0.15, 0.2) is 0 Å². The molecule has 0 heterocycles. The number of ether oxygens (including phenoxy) is 1. The van der Waals surface area contributed by atoms with Crippen LogP contribution in [-0.2, 0) is 0 Å². The van der Waals surface area contributed by atoms with Gasteiger partial charge in [-0.2, -0.15) is 0 Å². The summed E-state index contributed by atoms with van der Waals surface area (Å²) < 4.78 is 5.89. The number of hydrogen-bond donors (Lipinski definition) is 0. The summed E-state index contributed by atoms with van der Waals surface area (Å²) in [5, 5.41) is 0. The third-order valence-corrected chi connectivity index (χ3v) is 2.57. The molecule has 0 aliphatic carbocycles. The lowest BCUT2D eigenvalue weighted by atomic mass is 10.1. The van der Waals surface area contributed by atoms with Crippen LogP contribution in [0.4, 0.5) is 0 Å². The summed E-state index contributed by atoms with van der Waals surface area (Å²) in [7, 11) is 0. The van der Waals surface area contributed by atoms with Gasteiger partial charge in [0.25, 0.3) is 0 Å². The van der Waals surface area contributed by atoms with E-state index in [1.165, 1.54) is 16.7 Å². The van der Waals surface area contributed by atoms with Gasteiger partial charge in [0, 0.05) is 0 Å². The summed E-state index contributed by atoms with van der Waals surface area (Å²) in [6, 6.07) is 14.2. The van der Waals surface area contributed by atoms with Crippen molar-refractivity contribution < 1.29 is 4.74 Å². The van der Waals surface area contributed by atoms with Crippen LogP contribution in [0.5, 0.6) is 11.5 Å². The Morgan fingerprint density at radius 2 is 1.38 bits per heavy atom. The van der Waals surface area contributed by atoms with Crippen molar-refractivity contribution in [3.8, 4) is 11.5 Å². The van der Waals surface area contributed by atoms with Crippen LogP contribution in [0.2, 0.25) is 0 Å². The average molecular weight is 212 g/mol. The van der Waals surface area contributed by atoms with Gasteiger partial charge >= 0.3 is 0 Å². The molecule has 0 radical (unpaired) electrons. The zero-order valence-electron chi connectivity index (χ0n) is 9.95. The Hall–Kier alpha value is -1.76. The molecule has 82 valence electrons. The molecule has 0 fully saturated rings. The van der Waals surface area contributed by atoms with E-state index in [-0.39, 0.29) is 0 Å². The summed E-state index contributed by atoms with van der Waals surface area (Å²) in [5.41, 5.74) is 3.64. The van der Waals surface area contributed by atoms with E-state index in [9.17, 15) is 0 Å². The summed E-state index contributed by atoms with van der Waals surface area (Å²) in [4.78, 5) is 0. The van der Waals surface area contributed by atoms with Crippen LogP contribution in [0.3, 0.4) is 0 Å². The molecule has 0 aliphatic rings. The molecule has 16 heavy (non-hydrogen) atoms. The first-order chi connectivity index (χ1) is 7.66. The Bertz CT molecular complexity index is 463. The van der Waals surface area contributed by atoms with Crippen LogP contribution in [0.1, 0.15) is 16.7 Å². The summed E-state index contributed by atoms with van der Waals surface area (Å²) in [6.45, 7) is 6.27.